The SMILES string of the molecule is COc1cc(Cl)c(C)cc1N1CCN(C(=O)NCCN(C)C)CC1. The molecule has 0 bridgehead atoms. The fourth-order valence-corrected chi connectivity index (χ4v) is 2.86. The number of carbonyl (C=O) groups is 1. The monoisotopic (exact) mass is 354 g/mol. The van der Waals surface area contributed by atoms with Gasteiger partial charge in [-0.3, -0.25) is 0 Å². The van der Waals surface area contributed by atoms with Crippen molar-refractivity contribution in [2.75, 3.05) is 65.4 Å². The molecule has 0 radical (unpaired) electrons. The van der Waals surface area contributed by atoms with Gasteiger partial charge in [0.1, 0.15) is 5.75 Å². The van der Waals surface area contributed by atoms with Crippen LogP contribution in [0.5, 0.6) is 5.75 Å². The lowest BCUT2D eigenvalue weighted by Gasteiger charge is -2.36. The molecule has 1 aromatic rings. The highest BCUT2D eigenvalue weighted by Gasteiger charge is 2.23. The van der Waals surface area contributed by atoms with E-state index in [1.807, 2.05) is 43.0 Å². The minimum Gasteiger partial charge on any atom is -0.495 e. The molecular formula is C17H27ClN4O2. The number of hydrogen-bond acceptors (Lipinski definition) is 4. The molecule has 1 N–H and O–H groups in total. The van der Waals surface area contributed by atoms with Crippen molar-refractivity contribution in [1.29, 1.82) is 0 Å². The quantitative estimate of drug-likeness (QED) is 0.879. The number of aryl methyl sites for hydroxylation is 1. The molecule has 7 heteroatoms. The number of hydrogen-bond donors (Lipinski definition) is 1. The van der Waals surface area contributed by atoms with Crippen LogP contribution in [-0.4, -0.2) is 76.3 Å². The fraction of sp³-hybridized carbons (Fsp3) is 0.588. The number of likely N-dealkylation sites (N-methyl/N-ethyl adjacent to an activating group) is 1. The molecule has 1 aliphatic rings. The summed E-state index contributed by atoms with van der Waals surface area (Å²) in [6, 6.07) is 3.91. The van der Waals surface area contributed by atoms with Crippen LogP contribution < -0.4 is 15.0 Å². The Morgan fingerprint density at radius 2 is 1.96 bits per heavy atom. The molecule has 24 heavy (non-hydrogen) atoms. The van der Waals surface area contributed by atoms with Crippen LogP contribution in [0.25, 0.3) is 0 Å². The molecule has 1 saturated heterocycles. The third-order valence-electron chi connectivity index (χ3n) is 4.20. The normalized spacial score (nSPS) is 14.9. The number of urea groups is 1. The van der Waals surface area contributed by atoms with Crippen LogP contribution in [0.2, 0.25) is 5.02 Å². The maximum absolute atomic E-state index is 12.2. The Morgan fingerprint density at radius 1 is 1.29 bits per heavy atom. The van der Waals surface area contributed by atoms with E-state index in [0.29, 0.717) is 24.7 Å². The average Bonchev–Trinajstić information content (AvgIpc) is 2.56. The van der Waals surface area contributed by atoms with Gasteiger partial charge in [-0.25, -0.2) is 4.79 Å². The summed E-state index contributed by atoms with van der Waals surface area (Å²) < 4.78 is 5.46. The lowest BCUT2D eigenvalue weighted by atomic mass is 10.1. The van der Waals surface area contributed by atoms with E-state index in [1.165, 1.54) is 0 Å². The first-order valence-electron chi connectivity index (χ1n) is 8.19. The van der Waals surface area contributed by atoms with Crippen molar-refractivity contribution in [3.63, 3.8) is 0 Å². The summed E-state index contributed by atoms with van der Waals surface area (Å²) in [6.45, 7) is 6.43. The Hall–Kier alpha value is -1.66. The second kappa shape index (κ2) is 8.44. The molecule has 0 atom stereocenters. The van der Waals surface area contributed by atoms with Crippen molar-refractivity contribution >= 4 is 23.3 Å². The summed E-state index contributed by atoms with van der Waals surface area (Å²) in [5.41, 5.74) is 2.06. The standard InChI is InChI=1S/C17H27ClN4O2/c1-13-11-15(16(24-4)12-14(13)18)21-7-9-22(10-8-21)17(23)19-5-6-20(2)3/h11-12H,5-10H2,1-4H3,(H,19,23). The lowest BCUT2D eigenvalue weighted by Crippen LogP contribution is -2.52. The van der Waals surface area contributed by atoms with Crippen molar-refractivity contribution < 1.29 is 9.53 Å². The van der Waals surface area contributed by atoms with E-state index in [4.69, 9.17) is 16.3 Å². The van der Waals surface area contributed by atoms with E-state index in [9.17, 15) is 4.79 Å². The van der Waals surface area contributed by atoms with Crippen LogP contribution >= 0.6 is 11.6 Å². The Morgan fingerprint density at radius 3 is 2.54 bits per heavy atom. The number of piperazine rings is 1. The molecule has 0 saturated carbocycles. The van der Waals surface area contributed by atoms with Gasteiger partial charge in [0.25, 0.3) is 0 Å². The van der Waals surface area contributed by atoms with E-state index < -0.39 is 0 Å². The third-order valence-corrected chi connectivity index (χ3v) is 4.61. The summed E-state index contributed by atoms with van der Waals surface area (Å²) >= 11 is 6.18. The van der Waals surface area contributed by atoms with E-state index >= 15 is 0 Å². The number of methoxy groups -OCH3 is 1. The molecule has 0 aromatic heterocycles. The Labute approximate surface area is 149 Å². The summed E-state index contributed by atoms with van der Waals surface area (Å²) in [6.07, 6.45) is 0. The maximum atomic E-state index is 12.2. The molecule has 0 unspecified atom stereocenters. The molecule has 2 amide bonds. The number of ether oxygens (including phenoxy) is 1. The van der Waals surface area contributed by atoms with Gasteiger partial charge in [0.05, 0.1) is 12.8 Å². The van der Waals surface area contributed by atoms with Crippen LogP contribution in [-0.2, 0) is 0 Å². The highest BCUT2D eigenvalue weighted by atomic mass is 35.5. The largest absolute Gasteiger partial charge is 0.495 e. The Kier molecular flexibility index (Phi) is 6.57. The second-order valence-electron chi connectivity index (χ2n) is 6.28. The van der Waals surface area contributed by atoms with Gasteiger partial charge in [0.2, 0.25) is 0 Å². The second-order valence-corrected chi connectivity index (χ2v) is 6.69. The third kappa shape index (κ3) is 4.68. The Balaban J connectivity index is 1.93. The van der Waals surface area contributed by atoms with Gasteiger partial charge >= 0.3 is 6.03 Å². The van der Waals surface area contributed by atoms with Gasteiger partial charge < -0.3 is 24.8 Å². The molecule has 2 rings (SSSR count). The summed E-state index contributed by atoms with van der Waals surface area (Å²) in [5.74, 6) is 0.773. The van der Waals surface area contributed by atoms with Crippen LogP contribution in [0.1, 0.15) is 5.56 Å². The highest BCUT2D eigenvalue weighted by molar-refractivity contribution is 6.31. The molecule has 0 spiro atoms. The first-order chi connectivity index (χ1) is 11.4. The van der Waals surface area contributed by atoms with Crippen LogP contribution in [0, 0.1) is 6.92 Å². The molecule has 1 aliphatic heterocycles. The lowest BCUT2D eigenvalue weighted by molar-refractivity contribution is 0.193. The number of carbonyl (C=O) groups excluding carboxylic acids is 1. The van der Waals surface area contributed by atoms with Gasteiger partial charge in [-0.1, -0.05) is 11.6 Å². The van der Waals surface area contributed by atoms with Gasteiger partial charge in [0.15, 0.2) is 0 Å². The summed E-state index contributed by atoms with van der Waals surface area (Å²) in [5, 5.41) is 3.67. The van der Waals surface area contributed by atoms with E-state index in [0.717, 1.165) is 36.6 Å². The van der Waals surface area contributed by atoms with Crippen LogP contribution in [0.4, 0.5) is 10.5 Å². The minimum absolute atomic E-state index is 0.00996. The van der Waals surface area contributed by atoms with Crippen molar-refractivity contribution in [1.82, 2.24) is 15.1 Å². The van der Waals surface area contributed by atoms with E-state index in [-0.39, 0.29) is 6.03 Å². The minimum atomic E-state index is 0.00996. The zero-order valence-electron chi connectivity index (χ0n) is 14.9. The van der Waals surface area contributed by atoms with Crippen molar-refractivity contribution in [3.05, 3.63) is 22.7 Å². The topological polar surface area (TPSA) is 48.1 Å². The molecular weight excluding hydrogens is 328 g/mol. The van der Waals surface area contributed by atoms with Gasteiger partial charge in [-0.15, -0.1) is 0 Å². The van der Waals surface area contributed by atoms with Crippen molar-refractivity contribution in [2.24, 2.45) is 0 Å². The van der Waals surface area contributed by atoms with Crippen molar-refractivity contribution in [3.8, 4) is 5.75 Å². The molecule has 1 aromatic carbocycles. The Bertz CT molecular complexity index is 572. The number of rotatable bonds is 5. The van der Waals surface area contributed by atoms with Crippen LogP contribution in [0.3, 0.4) is 0 Å². The summed E-state index contributed by atoms with van der Waals surface area (Å²) in [4.78, 5) is 18.3. The number of halogens is 1. The zero-order chi connectivity index (χ0) is 17.7. The molecule has 6 nitrogen and oxygen atoms in total. The van der Waals surface area contributed by atoms with Gasteiger partial charge in [0, 0.05) is 50.4 Å². The number of nitrogens with one attached hydrogen (secondary N) is 1. The predicted octanol–water partition coefficient (Wildman–Crippen LogP) is 2.05. The zero-order valence-corrected chi connectivity index (χ0v) is 15.7. The first-order valence-corrected chi connectivity index (χ1v) is 8.56. The molecule has 1 fully saturated rings. The van der Waals surface area contributed by atoms with E-state index in [2.05, 4.69) is 10.2 Å². The molecule has 1 heterocycles. The predicted molar refractivity (Wildman–Crippen MR) is 98.5 cm³/mol. The number of amides is 2. The molecule has 0 aliphatic carbocycles. The molecule has 134 valence electrons. The number of benzene rings is 1. The fourth-order valence-electron chi connectivity index (χ4n) is 2.71. The highest BCUT2D eigenvalue weighted by Crippen LogP contribution is 2.34. The number of nitrogens with zero attached hydrogens (tertiary/aromatic N) is 3. The smallest absolute Gasteiger partial charge is 0.317 e. The van der Waals surface area contributed by atoms with E-state index in [1.54, 1.807) is 7.11 Å². The average molecular weight is 355 g/mol. The summed E-state index contributed by atoms with van der Waals surface area (Å²) in [7, 11) is 5.64. The maximum Gasteiger partial charge on any atom is 0.317 e. The van der Waals surface area contributed by atoms with Gasteiger partial charge in [-0.2, -0.15) is 0 Å². The first kappa shape index (κ1) is 18.7. The van der Waals surface area contributed by atoms with Gasteiger partial charge in [-0.05, 0) is 32.6 Å². The van der Waals surface area contributed by atoms with Crippen LogP contribution in [0.15, 0.2) is 12.1 Å². The van der Waals surface area contributed by atoms with Crippen molar-refractivity contribution in [2.45, 2.75) is 6.92 Å². The number of anilines is 1.